The summed E-state index contributed by atoms with van der Waals surface area (Å²) in [6, 6.07) is 11.3. The largest absolute Gasteiger partial charge is 0.383 e. The van der Waals surface area contributed by atoms with Gasteiger partial charge < -0.3 is 15.7 Å². The van der Waals surface area contributed by atoms with E-state index in [4.69, 9.17) is 11.6 Å². The van der Waals surface area contributed by atoms with Crippen LogP contribution < -0.4 is 15.5 Å². The zero-order chi connectivity index (χ0) is 25.1. The number of anilines is 2. The lowest BCUT2D eigenvalue weighted by atomic mass is 9.85. The van der Waals surface area contributed by atoms with Crippen LogP contribution in [0.4, 0.5) is 25.0 Å². The Labute approximate surface area is 205 Å². The van der Waals surface area contributed by atoms with Crippen LogP contribution in [0.3, 0.4) is 0 Å². The number of nitrogens with zero attached hydrogens (tertiary/aromatic N) is 1. The number of fused-ring (bicyclic) bond motifs is 2. The van der Waals surface area contributed by atoms with E-state index in [0.717, 1.165) is 0 Å². The fourth-order valence-corrected chi connectivity index (χ4v) is 5.02. The summed E-state index contributed by atoms with van der Waals surface area (Å²) in [5, 5.41) is 17.2. The van der Waals surface area contributed by atoms with Crippen molar-refractivity contribution in [1.29, 1.82) is 0 Å². The number of rotatable bonds is 3. The van der Waals surface area contributed by atoms with E-state index in [1.165, 1.54) is 41.3 Å². The Morgan fingerprint density at radius 1 is 1.17 bits per heavy atom. The van der Waals surface area contributed by atoms with Crippen molar-refractivity contribution < 1.29 is 23.5 Å². The number of urea groups is 1. The number of β-amino-alcohol motifs (C(OH)–C–C–N with tert-alkyl or cyclic N) is 1. The highest BCUT2D eigenvalue weighted by molar-refractivity contribution is 6.31. The van der Waals surface area contributed by atoms with Gasteiger partial charge in [0.25, 0.3) is 5.91 Å². The van der Waals surface area contributed by atoms with Crippen LogP contribution in [0.1, 0.15) is 46.9 Å². The highest BCUT2D eigenvalue weighted by atomic mass is 35.5. The highest BCUT2D eigenvalue weighted by Crippen LogP contribution is 2.45. The van der Waals surface area contributed by atoms with Crippen LogP contribution in [0.25, 0.3) is 0 Å². The monoisotopic (exact) mass is 497 g/mol. The summed E-state index contributed by atoms with van der Waals surface area (Å²) in [4.78, 5) is 27.4. The summed E-state index contributed by atoms with van der Waals surface area (Å²) >= 11 is 6.31. The number of nitrogens with one attached hydrogen (secondary N) is 2. The maximum absolute atomic E-state index is 14.0. The number of aliphatic hydroxyl groups is 1. The number of amides is 3. The normalized spacial score (nSPS) is 20.6. The molecule has 6 nitrogen and oxygen atoms in total. The Kier molecular flexibility index (Phi) is 5.53. The Hall–Kier alpha value is -3.49. The van der Waals surface area contributed by atoms with Gasteiger partial charge in [-0.2, -0.15) is 0 Å². The van der Waals surface area contributed by atoms with Gasteiger partial charge in [0.1, 0.15) is 17.2 Å². The maximum atomic E-state index is 14.0. The molecular formula is C26H22ClF2N3O3. The molecule has 3 aromatic rings. The SMILES string of the molecule is CC(C)[C@@]1(O)CN(C(=O)Nc2cccc3c2[C@@H](c2cc(F)ccc2Cl)NC3=O)c2ccc(F)cc21. The fourth-order valence-electron chi connectivity index (χ4n) is 4.79. The molecule has 0 aliphatic carbocycles. The molecule has 2 aliphatic heterocycles. The molecule has 2 aliphatic rings. The molecule has 2 atom stereocenters. The first-order chi connectivity index (χ1) is 16.6. The van der Waals surface area contributed by atoms with E-state index in [0.29, 0.717) is 33.6 Å². The first kappa shape index (κ1) is 23.3. The van der Waals surface area contributed by atoms with Gasteiger partial charge in [-0.15, -0.1) is 0 Å². The first-order valence-corrected chi connectivity index (χ1v) is 11.5. The van der Waals surface area contributed by atoms with E-state index in [9.17, 15) is 23.5 Å². The van der Waals surface area contributed by atoms with Gasteiger partial charge in [0, 0.05) is 33.0 Å². The lowest BCUT2D eigenvalue weighted by Crippen LogP contribution is -2.42. The molecule has 0 radical (unpaired) electrons. The van der Waals surface area contributed by atoms with Crippen LogP contribution in [-0.4, -0.2) is 23.6 Å². The maximum Gasteiger partial charge on any atom is 0.326 e. The Balaban J connectivity index is 1.53. The molecule has 5 rings (SSSR count). The molecule has 3 amide bonds. The van der Waals surface area contributed by atoms with Gasteiger partial charge in [-0.05, 0) is 54.4 Å². The average Bonchev–Trinajstić information content (AvgIpc) is 3.31. The van der Waals surface area contributed by atoms with Gasteiger partial charge in [-0.3, -0.25) is 9.69 Å². The van der Waals surface area contributed by atoms with Crippen LogP contribution in [0, 0.1) is 17.6 Å². The summed E-state index contributed by atoms with van der Waals surface area (Å²) < 4.78 is 28.0. The van der Waals surface area contributed by atoms with Gasteiger partial charge in [0.05, 0.1) is 18.3 Å². The lowest BCUT2D eigenvalue weighted by Gasteiger charge is -2.28. The van der Waals surface area contributed by atoms with E-state index in [1.807, 2.05) is 0 Å². The van der Waals surface area contributed by atoms with Gasteiger partial charge in [0.15, 0.2) is 0 Å². The van der Waals surface area contributed by atoms with E-state index in [1.54, 1.807) is 32.0 Å². The Bertz CT molecular complexity index is 1380. The number of halogens is 3. The summed E-state index contributed by atoms with van der Waals surface area (Å²) in [7, 11) is 0. The van der Waals surface area contributed by atoms with Gasteiger partial charge >= 0.3 is 6.03 Å². The lowest BCUT2D eigenvalue weighted by molar-refractivity contribution is 0.00693. The van der Waals surface area contributed by atoms with Crippen LogP contribution in [0.15, 0.2) is 54.6 Å². The minimum Gasteiger partial charge on any atom is -0.383 e. The van der Waals surface area contributed by atoms with Crippen molar-refractivity contribution >= 4 is 34.9 Å². The molecule has 3 N–H and O–H groups in total. The molecule has 3 aromatic carbocycles. The number of hydrogen-bond acceptors (Lipinski definition) is 3. The highest BCUT2D eigenvalue weighted by Gasteiger charge is 2.46. The zero-order valence-corrected chi connectivity index (χ0v) is 19.7. The third-order valence-corrected chi connectivity index (χ3v) is 7.08. The fraction of sp³-hybridized carbons (Fsp3) is 0.231. The van der Waals surface area contributed by atoms with Crippen molar-refractivity contribution in [3.63, 3.8) is 0 Å². The van der Waals surface area contributed by atoms with Gasteiger partial charge in [-0.25, -0.2) is 13.6 Å². The number of hydrogen-bond donors (Lipinski definition) is 3. The van der Waals surface area contributed by atoms with E-state index in [2.05, 4.69) is 10.6 Å². The van der Waals surface area contributed by atoms with Crippen LogP contribution in [0.5, 0.6) is 0 Å². The zero-order valence-electron chi connectivity index (χ0n) is 18.9. The first-order valence-electron chi connectivity index (χ1n) is 11.1. The molecular weight excluding hydrogens is 476 g/mol. The van der Waals surface area contributed by atoms with Gasteiger partial charge in [-0.1, -0.05) is 31.5 Å². The summed E-state index contributed by atoms with van der Waals surface area (Å²) in [6.45, 7) is 3.52. The Morgan fingerprint density at radius 2 is 1.89 bits per heavy atom. The molecule has 0 unspecified atom stereocenters. The van der Waals surface area contributed by atoms with Crippen molar-refractivity contribution in [2.24, 2.45) is 5.92 Å². The van der Waals surface area contributed by atoms with Crippen LogP contribution in [0.2, 0.25) is 5.02 Å². The molecule has 2 heterocycles. The molecule has 9 heteroatoms. The smallest absolute Gasteiger partial charge is 0.326 e. The molecule has 0 saturated carbocycles. The van der Waals surface area contributed by atoms with Crippen LogP contribution in [-0.2, 0) is 5.60 Å². The van der Waals surface area contributed by atoms with Crippen molar-refractivity contribution in [2.45, 2.75) is 25.5 Å². The van der Waals surface area contributed by atoms with Crippen molar-refractivity contribution in [3.8, 4) is 0 Å². The standard InChI is InChI=1S/C26H22ClF2N3O3/c1-13(2)26(35)12-32(21-9-7-15(29)11-18(21)26)25(34)30-20-5-3-4-16-22(20)23(31-24(16)33)17-10-14(28)6-8-19(17)27/h3-11,13,23,35H,12H2,1-2H3,(H,30,34)(H,31,33)/t23-,26+/m1/s1. The second-order valence-electron chi connectivity index (χ2n) is 9.10. The summed E-state index contributed by atoms with van der Waals surface area (Å²) in [6.07, 6.45) is 0. The number of carbonyl (C=O) groups excluding carboxylic acids is 2. The predicted molar refractivity (Wildman–Crippen MR) is 129 cm³/mol. The molecule has 0 bridgehead atoms. The molecule has 180 valence electrons. The molecule has 0 saturated heterocycles. The second-order valence-corrected chi connectivity index (χ2v) is 9.50. The summed E-state index contributed by atoms with van der Waals surface area (Å²) in [5.74, 6) is -1.69. The average molecular weight is 498 g/mol. The van der Waals surface area contributed by atoms with Gasteiger partial charge in [0.2, 0.25) is 0 Å². The number of carbonyl (C=O) groups is 2. The molecule has 0 fully saturated rings. The van der Waals surface area contributed by atoms with E-state index in [-0.39, 0.29) is 23.4 Å². The molecule has 0 aromatic heterocycles. The third kappa shape index (κ3) is 3.73. The second kappa shape index (κ2) is 8.32. The quantitative estimate of drug-likeness (QED) is 0.456. The van der Waals surface area contributed by atoms with Crippen molar-refractivity contribution in [3.05, 3.63) is 93.5 Å². The van der Waals surface area contributed by atoms with E-state index < -0.39 is 29.3 Å². The predicted octanol–water partition coefficient (Wildman–Crippen LogP) is 5.35. The Morgan fingerprint density at radius 3 is 2.63 bits per heavy atom. The third-order valence-electron chi connectivity index (χ3n) is 6.74. The topological polar surface area (TPSA) is 81.7 Å². The summed E-state index contributed by atoms with van der Waals surface area (Å²) in [5.41, 5.74) is 0.778. The van der Waals surface area contributed by atoms with E-state index >= 15 is 0 Å². The molecule has 35 heavy (non-hydrogen) atoms. The van der Waals surface area contributed by atoms with Crippen molar-refractivity contribution in [2.75, 3.05) is 16.8 Å². The van der Waals surface area contributed by atoms with Crippen molar-refractivity contribution in [1.82, 2.24) is 5.32 Å². The number of benzene rings is 3. The minimum absolute atomic E-state index is 0.0688. The minimum atomic E-state index is -1.43. The molecule has 0 spiro atoms. The van der Waals surface area contributed by atoms with Crippen LogP contribution >= 0.6 is 11.6 Å².